The molecule has 0 saturated carbocycles. The van der Waals surface area contributed by atoms with Gasteiger partial charge in [0, 0.05) is 6.04 Å². The molecule has 1 aliphatic carbocycles. The summed E-state index contributed by atoms with van der Waals surface area (Å²) in [6.45, 7) is 2.12. The van der Waals surface area contributed by atoms with Crippen LogP contribution in [0.4, 0.5) is 0 Å². The second-order valence-electron chi connectivity index (χ2n) is 5.71. The molecule has 0 aliphatic heterocycles. The van der Waals surface area contributed by atoms with Gasteiger partial charge in [0.25, 0.3) is 0 Å². The number of rotatable bonds is 2. The van der Waals surface area contributed by atoms with Crippen molar-refractivity contribution in [3.8, 4) is 0 Å². The fourth-order valence-corrected chi connectivity index (χ4v) is 3.09. The quantitative estimate of drug-likeness (QED) is 0.863. The topological polar surface area (TPSA) is 26.0 Å². The molecular weight excluding hydrogens is 230 g/mol. The summed E-state index contributed by atoms with van der Waals surface area (Å²) in [5.41, 5.74) is 12.0. The zero-order valence-corrected chi connectivity index (χ0v) is 11.5. The largest absolute Gasteiger partial charge is 0.324 e. The molecule has 1 heteroatoms. The summed E-state index contributed by atoms with van der Waals surface area (Å²) in [6.07, 6.45) is 3.48. The van der Waals surface area contributed by atoms with Gasteiger partial charge in [-0.1, -0.05) is 54.1 Å². The molecular formula is C18H21N. The molecule has 0 radical (unpaired) electrons. The van der Waals surface area contributed by atoms with Gasteiger partial charge in [0.05, 0.1) is 0 Å². The lowest BCUT2D eigenvalue weighted by atomic mass is 9.78. The minimum absolute atomic E-state index is 0.161. The highest BCUT2D eigenvalue weighted by atomic mass is 14.7. The van der Waals surface area contributed by atoms with Crippen molar-refractivity contribution in [2.24, 2.45) is 11.7 Å². The summed E-state index contributed by atoms with van der Waals surface area (Å²) in [4.78, 5) is 0. The van der Waals surface area contributed by atoms with Crippen LogP contribution in [0.3, 0.4) is 0 Å². The molecule has 0 fully saturated rings. The third-order valence-corrected chi connectivity index (χ3v) is 4.36. The van der Waals surface area contributed by atoms with Crippen LogP contribution in [-0.4, -0.2) is 0 Å². The van der Waals surface area contributed by atoms with Gasteiger partial charge in [-0.3, -0.25) is 0 Å². The van der Waals surface area contributed by atoms with Crippen LogP contribution < -0.4 is 5.73 Å². The summed E-state index contributed by atoms with van der Waals surface area (Å²) in [7, 11) is 0. The molecule has 3 rings (SSSR count). The lowest BCUT2D eigenvalue weighted by Crippen LogP contribution is -2.26. The average Bonchev–Trinajstić information content (AvgIpc) is 2.47. The maximum absolute atomic E-state index is 6.48. The molecule has 0 saturated heterocycles. The van der Waals surface area contributed by atoms with Gasteiger partial charge in [-0.2, -0.15) is 0 Å². The Morgan fingerprint density at radius 2 is 1.68 bits per heavy atom. The Balaban J connectivity index is 1.79. The maximum Gasteiger partial charge on any atom is 0.0326 e. The molecule has 0 spiro atoms. The van der Waals surface area contributed by atoms with Crippen LogP contribution in [0.1, 0.15) is 34.7 Å². The number of fused-ring (bicyclic) bond motifs is 1. The fraction of sp³-hybridized carbons (Fsp3) is 0.333. The second kappa shape index (κ2) is 5.18. The molecule has 2 atom stereocenters. The van der Waals surface area contributed by atoms with Gasteiger partial charge in [-0.05, 0) is 48.8 Å². The Bertz CT molecular complexity index is 556. The summed E-state index contributed by atoms with van der Waals surface area (Å²) in [5.74, 6) is 0.567. The Morgan fingerprint density at radius 1 is 1.00 bits per heavy atom. The molecule has 19 heavy (non-hydrogen) atoms. The van der Waals surface area contributed by atoms with Crippen molar-refractivity contribution in [1.29, 1.82) is 0 Å². The Labute approximate surface area is 115 Å². The summed E-state index contributed by atoms with van der Waals surface area (Å²) in [5, 5.41) is 0. The van der Waals surface area contributed by atoms with E-state index in [0.717, 1.165) is 6.42 Å². The monoisotopic (exact) mass is 251 g/mol. The van der Waals surface area contributed by atoms with Gasteiger partial charge in [0.2, 0.25) is 0 Å². The van der Waals surface area contributed by atoms with E-state index in [2.05, 4.69) is 55.5 Å². The van der Waals surface area contributed by atoms with E-state index in [0.29, 0.717) is 5.92 Å². The SMILES string of the molecule is Cc1ccc(C(N)C2CCc3ccccc3C2)cc1. The number of hydrogen-bond acceptors (Lipinski definition) is 1. The van der Waals surface area contributed by atoms with Gasteiger partial charge >= 0.3 is 0 Å². The predicted octanol–water partition coefficient (Wildman–Crippen LogP) is 3.80. The second-order valence-corrected chi connectivity index (χ2v) is 5.71. The Morgan fingerprint density at radius 3 is 2.42 bits per heavy atom. The smallest absolute Gasteiger partial charge is 0.0326 e. The highest BCUT2D eigenvalue weighted by Gasteiger charge is 2.24. The van der Waals surface area contributed by atoms with Crippen molar-refractivity contribution < 1.29 is 0 Å². The minimum atomic E-state index is 0.161. The van der Waals surface area contributed by atoms with Crippen LogP contribution in [0.2, 0.25) is 0 Å². The zero-order valence-electron chi connectivity index (χ0n) is 11.5. The number of hydrogen-bond donors (Lipinski definition) is 1. The van der Waals surface area contributed by atoms with Crippen LogP contribution in [0, 0.1) is 12.8 Å². The molecule has 0 bridgehead atoms. The third-order valence-electron chi connectivity index (χ3n) is 4.36. The van der Waals surface area contributed by atoms with Crippen molar-refractivity contribution in [2.75, 3.05) is 0 Å². The molecule has 98 valence electrons. The standard InChI is InChI=1S/C18H21N/c1-13-6-8-15(9-7-13)18(19)17-11-10-14-4-2-3-5-16(14)12-17/h2-9,17-18H,10-12,19H2,1H3. The number of aryl methyl sites for hydroxylation is 2. The van der Waals surface area contributed by atoms with E-state index in [1.807, 2.05) is 0 Å². The van der Waals surface area contributed by atoms with Gasteiger partial charge in [-0.25, -0.2) is 0 Å². The summed E-state index contributed by atoms with van der Waals surface area (Å²) < 4.78 is 0. The van der Waals surface area contributed by atoms with Crippen molar-refractivity contribution in [1.82, 2.24) is 0 Å². The van der Waals surface area contributed by atoms with E-state index >= 15 is 0 Å². The number of nitrogens with two attached hydrogens (primary N) is 1. The Hall–Kier alpha value is -1.60. The van der Waals surface area contributed by atoms with E-state index in [1.165, 1.54) is 35.1 Å². The maximum atomic E-state index is 6.48. The fourth-order valence-electron chi connectivity index (χ4n) is 3.09. The normalized spacial score (nSPS) is 19.8. The molecule has 2 aromatic carbocycles. The lowest BCUT2D eigenvalue weighted by Gasteiger charge is -2.29. The van der Waals surface area contributed by atoms with E-state index < -0.39 is 0 Å². The predicted molar refractivity (Wildman–Crippen MR) is 80.1 cm³/mol. The van der Waals surface area contributed by atoms with Crippen molar-refractivity contribution >= 4 is 0 Å². The van der Waals surface area contributed by atoms with Gasteiger partial charge in [-0.15, -0.1) is 0 Å². The first-order valence-corrected chi connectivity index (χ1v) is 7.13. The summed E-state index contributed by atoms with van der Waals surface area (Å²) in [6, 6.07) is 17.6. The first kappa shape index (κ1) is 12.4. The van der Waals surface area contributed by atoms with Crippen LogP contribution in [0.15, 0.2) is 48.5 Å². The minimum Gasteiger partial charge on any atom is -0.324 e. The zero-order chi connectivity index (χ0) is 13.2. The van der Waals surface area contributed by atoms with Crippen molar-refractivity contribution in [3.05, 3.63) is 70.8 Å². The molecule has 0 aromatic heterocycles. The van der Waals surface area contributed by atoms with Crippen molar-refractivity contribution in [3.63, 3.8) is 0 Å². The van der Waals surface area contributed by atoms with Crippen molar-refractivity contribution in [2.45, 2.75) is 32.2 Å². The van der Waals surface area contributed by atoms with Crippen LogP contribution in [0.5, 0.6) is 0 Å². The van der Waals surface area contributed by atoms with Crippen LogP contribution >= 0.6 is 0 Å². The molecule has 0 heterocycles. The molecule has 1 aliphatic rings. The molecule has 2 N–H and O–H groups in total. The molecule has 2 unspecified atom stereocenters. The third kappa shape index (κ3) is 2.57. The van der Waals surface area contributed by atoms with Crippen LogP contribution in [0.25, 0.3) is 0 Å². The van der Waals surface area contributed by atoms with Gasteiger partial charge in [0.1, 0.15) is 0 Å². The van der Waals surface area contributed by atoms with E-state index in [-0.39, 0.29) is 6.04 Å². The van der Waals surface area contributed by atoms with Crippen LogP contribution in [-0.2, 0) is 12.8 Å². The highest BCUT2D eigenvalue weighted by Crippen LogP contribution is 2.32. The Kier molecular flexibility index (Phi) is 3.39. The van der Waals surface area contributed by atoms with E-state index in [9.17, 15) is 0 Å². The molecule has 2 aromatic rings. The van der Waals surface area contributed by atoms with Gasteiger partial charge < -0.3 is 5.73 Å². The van der Waals surface area contributed by atoms with E-state index in [4.69, 9.17) is 5.73 Å². The lowest BCUT2D eigenvalue weighted by molar-refractivity contribution is 0.382. The first-order chi connectivity index (χ1) is 9.24. The highest BCUT2D eigenvalue weighted by molar-refractivity contribution is 5.31. The average molecular weight is 251 g/mol. The first-order valence-electron chi connectivity index (χ1n) is 7.13. The van der Waals surface area contributed by atoms with E-state index in [1.54, 1.807) is 0 Å². The van der Waals surface area contributed by atoms with Gasteiger partial charge in [0.15, 0.2) is 0 Å². The summed E-state index contributed by atoms with van der Waals surface area (Å²) >= 11 is 0. The molecule has 1 nitrogen and oxygen atoms in total. The molecule has 0 amide bonds. The number of benzene rings is 2.